The zero-order valence-corrected chi connectivity index (χ0v) is 18.2. The Hall–Kier alpha value is -2.38. The molecule has 0 aliphatic carbocycles. The summed E-state index contributed by atoms with van der Waals surface area (Å²) in [6, 6.07) is 10.4. The van der Waals surface area contributed by atoms with Gasteiger partial charge >= 0.3 is 0 Å². The highest BCUT2D eigenvalue weighted by Gasteiger charge is 2.33. The first-order valence-electron chi connectivity index (χ1n) is 9.75. The Labute approximate surface area is 172 Å². The van der Waals surface area contributed by atoms with Crippen LogP contribution in [0.4, 0.5) is 5.69 Å². The Morgan fingerprint density at radius 2 is 1.72 bits per heavy atom. The van der Waals surface area contributed by atoms with Gasteiger partial charge in [-0.1, -0.05) is 17.7 Å². The molecule has 0 spiro atoms. The summed E-state index contributed by atoms with van der Waals surface area (Å²) in [5, 5.41) is 3.03. The monoisotopic (exact) mass is 416 g/mol. The number of piperidine rings is 1. The third-order valence-corrected chi connectivity index (χ3v) is 7.26. The molecule has 1 N–H and O–H groups in total. The number of sulfonamides is 1. The molecule has 0 radical (unpaired) electrons. The number of anilines is 1. The number of carbonyl (C=O) groups excluding carboxylic acids is 1. The van der Waals surface area contributed by atoms with Crippen molar-refractivity contribution in [3.05, 3.63) is 53.1 Å². The highest BCUT2D eigenvalue weighted by molar-refractivity contribution is 7.89. The third-order valence-electron chi connectivity index (χ3n) is 5.38. The minimum absolute atomic E-state index is 0.130. The van der Waals surface area contributed by atoms with Crippen molar-refractivity contribution < 1.29 is 17.9 Å². The van der Waals surface area contributed by atoms with E-state index in [2.05, 4.69) is 5.32 Å². The number of ether oxygens (including phenoxy) is 1. The summed E-state index contributed by atoms with van der Waals surface area (Å²) in [5.41, 5.74) is 3.98. The molecule has 1 atom stereocenters. The molecule has 0 saturated carbocycles. The van der Waals surface area contributed by atoms with Crippen LogP contribution in [0.2, 0.25) is 0 Å². The van der Waals surface area contributed by atoms with Crippen LogP contribution in [0.3, 0.4) is 0 Å². The smallest absolute Gasteiger partial charge is 0.243 e. The molecule has 1 aliphatic rings. The van der Waals surface area contributed by atoms with E-state index in [0.29, 0.717) is 25.1 Å². The summed E-state index contributed by atoms with van der Waals surface area (Å²) >= 11 is 0. The fourth-order valence-electron chi connectivity index (χ4n) is 3.87. The fraction of sp³-hybridized carbons (Fsp3) is 0.409. The Bertz CT molecular complexity index is 977. The average molecular weight is 417 g/mol. The van der Waals surface area contributed by atoms with Gasteiger partial charge in [-0.05, 0) is 69.0 Å². The predicted octanol–water partition coefficient (Wildman–Crippen LogP) is 3.66. The molecule has 2 aromatic rings. The number of nitrogens with one attached hydrogen (secondary N) is 1. The van der Waals surface area contributed by atoms with Crippen LogP contribution in [-0.4, -0.2) is 38.8 Å². The van der Waals surface area contributed by atoms with Crippen LogP contribution in [0.25, 0.3) is 0 Å². The molecular weight excluding hydrogens is 388 g/mol. The van der Waals surface area contributed by atoms with Gasteiger partial charge in [0.2, 0.25) is 15.9 Å². The van der Waals surface area contributed by atoms with E-state index in [1.54, 1.807) is 12.1 Å². The van der Waals surface area contributed by atoms with Gasteiger partial charge in [-0.25, -0.2) is 8.42 Å². The number of hydrogen-bond acceptors (Lipinski definition) is 4. The molecule has 1 saturated heterocycles. The Morgan fingerprint density at radius 3 is 2.31 bits per heavy atom. The van der Waals surface area contributed by atoms with Crippen LogP contribution in [0.1, 0.15) is 29.5 Å². The van der Waals surface area contributed by atoms with E-state index in [4.69, 9.17) is 4.74 Å². The molecule has 2 aromatic carbocycles. The van der Waals surface area contributed by atoms with Crippen molar-refractivity contribution in [2.75, 3.05) is 25.5 Å². The lowest BCUT2D eigenvalue weighted by Gasteiger charge is -2.31. The number of hydrogen-bond donors (Lipinski definition) is 1. The molecule has 1 aliphatic heterocycles. The minimum Gasteiger partial charge on any atom is -0.497 e. The fourth-order valence-corrected chi connectivity index (χ4v) is 5.40. The maximum absolute atomic E-state index is 13.0. The van der Waals surface area contributed by atoms with E-state index in [-0.39, 0.29) is 23.3 Å². The van der Waals surface area contributed by atoms with E-state index in [0.717, 1.165) is 22.4 Å². The van der Waals surface area contributed by atoms with Crippen molar-refractivity contribution in [2.45, 2.75) is 38.5 Å². The van der Waals surface area contributed by atoms with Crippen molar-refractivity contribution in [2.24, 2.45) is 5.92 Å². The second kappa shape index (κ2) is 8.55. The highest BCUT2D eigenvalue weighted by atomic mass is 32.2. The zero-order valence-electron chi connectivity index (χ0n) is 17.4. The van der Waals surface area contributed by atoms with Gasteiger partial charge in [0.25, 0.3) is 0 Å². The lowest BCUT2D eigenvalue weighted by Crippen LogP contribution is -2.43. The summed E-state index contributed by atoms with van der Waals surface area (Å²) in [6.45, 7) is 6.56. The van der Waals surface area contributed by atoms with Gasteiger partial charge in [-0.2, -0.15) is 4.31 Å². The van der Waals surface area contributed by atoms with Gasteiger partial charge in [0.05, 0.1) is 17.9 Å². The third kappa shape index (κ3) is 4.62. The highest BCUT2D eigenvalue weighted by Crippen LogP contribution is 2.27. The molecule has 0 aromatic heterocycles. The van der Waals surface area contributed by atoms with Gasteiger partial charge in [-0.3, -0.25) is 4.79 Å². The van der Waals surface area contributed by atoms with Gasteiger partial charge in [0.15, 0.2) is 0 Å². The second-order valence-corrected chi connectivity index (χ2v) is 9.58. The molecule has 1 amide bonds. The van der Waals surface area contributed by atoms with Gasteiger partial charge < -0.3 is 10.1 Å². The number of rotatable bonds is 5. The molecule has 156 valence electrons. The van der Waals surface area contributed by atoms with Crippen molar-refractivity contribution in [3.8, 4) is 5.75 Å². The van der Waals surface area contributed by atoms with E-state index < -0.39 is 10.0 Å². The Kier molecular flexibility index (Phi) is 6.29. The maximum atomic E-state index is 13.0. The summed E-state index contributed by atoms with van der Waals surface area (Å²) in [4.78, 5) is 13.1. The first kappa shape index (κ1) is 21.3. The molecule has 0 unspecified atom stereocenters. The van der Waals surface area contributed by atoms with Gasteiger partial charge in [0.1, 0.15) is 5.75 Å². The summed E-state index contributed by atoms with van der Waals surface area (Å²) in [7, 11) is -2.11. The Morgan fingerprint density at radius 1 is 1.10 bits per heavy atom. The first-order chi connectivity index (χ1) is 13.7. The number of methoxy groups -OCH3 is 1. The summed E-state index contributed by atoms with van der Waals surface area (Å²) in [5.74, 6) is 0.0928. The molecule has 1 fully saturated rings. The molecular formula is C22H28N2O4S. The quantitative estimate of drug-likeness (QED) is 0.807. The lowest BCUT2D eigenvalue weighted by atomic mass is 9.98. The molecule has 1 heterocycles. The van der Waals surface area contributed by atoms with Crippen LogP contribution >= 0.6 is 0 Å². The van der Waals surface area contributed by atoms with Crippen LogP contribution < -0.4 is 10.1 Å². The van der Waals surface area contributed by atoms with E-state index >= 15 is 0 Å². The van der Waals surface area contributed by atoms with Crippen LogP contribution in [0.15, 0.2) is 41.3 Å². The summed E-state index contributed by atoms with van der Waals surface area (Å²) < 4.78 is 32.5. The van der Waals surface area contributed by atoms with Gasteiger partial charge in [-0.15, -0.1) is 0 Å². The SMILES string of the molecule is COc1ccc(S(=O)(=O)N2CCC[C@@H](C(=O)Nc3c(C)cc(C)cc3C)C2)cc1. The number of aryl methyl sites for hydroxylation is 3. The number of carbonyl (C=O) groups is 1. The number of amides is 1. The van der Waals surface area contributed by atoms with Crippen molar-refractivity contribution in [1.29, 1.82) is 0 Å². The summed E-state index contributed by atoms with van der Waals surface area (Å²) in [6.07, 6.45) is 1.32. The van der Waals surface area contributed by atoms with Crippen molar-refractivity contribution in [1.82, 2.24) is 4.31 Å². The molecule has 7 heteroatoms. The molecule has 3 rings (SSSR count). The topological polar surface area (TPSA) is 75.7 Å². The van der Waals surface area contributed by atoms with Crippen molar-refractivity contribution >= 4 is 21.6 Å². The van der Waals surface area contributed by atoms with E-state index in [9.17, 15) is 13.2 Å². The standard InChI is InChI=1S/C22H28N2O4S/c1-15-12-16(2)21(17(3)13-15)23-22(25)18-6-5-11-24(14-18)29(26,27)20-9-7-19(28-4)8-10-20/h7-10,12-13,18H,5-6,11,14H2,1-4H3,(H,23,25)/t18-/m1/s1. The van der Waals surface area contributed by atoms with Gasteiger partial charge in [0, 0.05) is 18.8 Å². The largest absolute Gasteiger partial charge is 0.497 e. The lowest BCUT2D eigenvalue weighted by molar-refractivity contribution is -0.120. The first-order valence-corrected chi connectivity index (χ1v) is 11.2. The Balaban J connectivity index is 1.75. The minimum atomic E-state index is -3.65. The molecule has 29 heavy (non-hydrogen) atoms. The second-order valence-electron chi connectivity index (χ2n) is 7.64. The normalized spacial score (nSPS) is 17.7. The number of nitrogens with zero attached hydrogens (tertiary/aromatic N) is 1. The van der Waals surface area contributed by atoms with Crippen LogP contribution in [0.5, 0.6) is 5.75 Å². The van der Waals surface area contributed by atoms with Crippen molar-refractivity contribution in [3.63, 3.8) is 0 Å². The van der Waals surface area contributed by atoms with E-state index in [1.807, 2.05) is 32.9 Å². The maximum Gasteiger partial charge on any atom is 0.243 e. The van der Waals surface area contributed by atoms with E-state index in [1.165, 1.54) is 23.5 Å². The predicted molar refractivity (Wildman–Crippen MR) is 114 cm³/mol. The van der Waals surface area contributed by atoms with Crippen LogP contribution in [0, 0.1) is 26.7 Å². The zero-order chi connectivity index (χ0) is 21.2. The molecule has 6 nitrogen and oxygen atoms in total. The van der Waals surface area contributed by atoms with Crippen LogP contribution in [-0.2, 0) is 14.8 Å². The molecule has 0 bridgehead atoms. The number of benzene rings is 2. The average Bonchev–Trinajstić information content (AvgIpc) is 2.70.